The van der Waals surface area contributed by atoms with Crippen LogP contribution >= 0.6 is 24.8 Å². The van der Waals surface area contributed by atoms with E-state index in [1.54, 1.807) is 18.6 Å². The Morgan fingerprint density at radius 3 is 2.67 bits per heavy atom. The van der Waals surface area contributed by atoms with Gasteiger partial charge < -0.3 is 0 Å². The highest BCUT2D eigenvalue weighted by atomic mass is 32.1. The van der Waals surface area contributed by atoms with Crippen molar-refractivity contribution in [3.8, 4) is 0 Å². The highest BCUT2D eigenvalue weighted by Crippen LogP contribution is 1.96. The van der Waals surface area contributed by atoms with E-state index >= 15 is 0 Å². The van der Waals surface area contributed by atoms with Crippen molar-refractivity contribution >= 4 is 29.0 Å². The maximum absolute atomic E-state index is 4.72. The molecule has 0 spiro atoms. The van der Waals surface area contributed by atoms with E-state index in [0.717, 1.165) is 0 Å². The molecule has 0 aliphatic carbocycles. The number of thiol groups is 1. The SMILES string of the molecule is S=C(S)c1cnccn1. The smallest absolute Gasteiger partial charge is 0.105 e. The van der Waals surface area contributed by atoms with Crippen molar-refractivity contribution in [2.24, 2.45) is 0 Å². The summed E-state index contributed by atoms with van der Waals surface area (Å²) >= 11 is 8.64. The predicted molar refractivity (Wildman–Crippen MR) is 42.7 cm³/mol. The zero-order valence-corrected chi connectivity index (χ0v) is 6.19. The van der Waals surface area contributed by atoms with Crippen molar-refractivity contribution < 1.29 is 0 Å². The molecule has 1 rings (SSSR count). The van der Waals surface area contributed by atoms with Crippen LogP contribution in [0.25, 0.3) is 0 Å². The molecule has 0 saturated carbocycles. The fourth-order valence-electron chi connectivity index (χ4n) is 0.410. The van der Waals surface area contributed by atoms with Gasteiger partial charge in [-0.15, -0.1) is 12.6 Å². The van der Waals surface area contributed by atoms with Crippen LogP contribution in [0.15, 0.2) is 18.6 Å². The lowest BCUT2D eigenvalue weighted by Crippen LogP contribution is -1.91. The fraction of sp³-hybridized carbons (Fsp3) is 0. The minimum atomic E-state index is 0.475. The standard InChI is InChI=1S/C5H4N2S2/c8-5(9)4-3-6-1-2-7-4/h1-3H,(H,8,9). The Morgan fingerprint density at radius 2 is 2.33 bits per heavy atom. The van der Waals surface area contributed by atoms with Gasteiger partial charge in [0.25, 0.3) is 0 Å². The van der Waals surface area contributed by atoms with Crippen molar-refractivity contribution in [2.45, 2.75) is 0 Å². The van der Waals surface area contributed by atoms with Crippen LogP contribution in [-0.4, -0.2) is 14.2 Å². The van der Waals surface area contributed by atoms with Crippen LogP contribution < -0.4 is 0 Å². The first kappa shape index (κ1) is 6.64. The molecule has 9 heavy (non-hydrogen) atoms. The Balaban J connectivity index is 2.98. The maximum atomic E-state index is 4.72. The third kappa shape index (κ3) is 1.73. The van der Waals surface area contributed by atoms with E-state index in [1.807, 2.05) is 0 Å². The Bertz CT molecular complexity index is 209. The molecule has 0 fully saturated rings. The summed E-state index contributed by atoms with van der Waals surface area (Å²) in [5, 5.41) is 0. The van der Waals surface area contributed by atoms with Crippen molar-refractivity contribution in [1.29, 1.82) is 0 Å². The minimum Gasteiger partial charge on any atom is -0.261 e. The molecule has 1 aromatic heterocycles. The van der Waals surface area contributed by atoms with Gasteiger partial charge in [-0.3, -0.25) is 9.97 Å². The van der Waals surface area contributed by atoms with E-state index in [9.17, 15) is 0 Å². The largest absolute Gasteiger partial charge is 0.261 e. The normalized spacial score (nSPS) is 9.00. The molecular weight excluding hydrogens is 152 g/mol. The molecule has 2 nitrogen and oxygen atoms in total. The van der Waals surface area contributed by atoms with Gasteiger partial charge in [0, 0.05) is 12.4 Å². The first-order valence-corrected chi connectivity index (χ1v) is 3.15. The molecule has 0 N–H and O–H groups in total. The number of aromatic nitrogens is 2. The lowest BCUT2D eigenvalue weighted by molar-refractivity contribution is 1.19. The molecular formula is C5H4N2S2. The number of hydrogen-bond acceptors (Lipinski definition) is 3. The van der Waals surface area contributed by atoms with Crippen LogP contribution in [-0.2, 0) is 0 Å². The first-order valence-electron chi connectivity index (χ1n) is 2.30. The van der Waals surface area contributed by atoms with Gasteiger partial charge in [0.1, 0.15) is 5.69 Å². The maximum Gasteiger partial charge on any atom is 0.105 e. The molecule has 0 bridgehead atoms. The highest BCUT2D eigenvalue weighted by molar-refractivity contribution is 8.11. The summed E-state index contributed by atoms with van der Waals surface area (Å²) in [5.41, 5.74) is 0.649. The Hall–Kier alpha value is -0.480. The van der Waals surface area contributed by atoms with Crippen LogP contribution in [0.5, 0.6) is 0 Å². The molecule has 0 amide bonds. The van der Waals surface area contributed by atoms with Gasteiger partial charge in [-0.2, -0.15) is 0 Å². The summed E-state index contributed by atoms with van der Waals surface area (Å²) in [5.74, 6) is 0. The molecule has 0 radical (unpaired) electrons. The molecule has 0 aliphatic heterocycles. The molecule has 1 heterocycles. The van der Waals surface area contributed by atoms with E-state index in [1.165, 1.54) is 0 Å². The third-order valence-electron chi connectivity index (χ3n) is 0.782. The van der Waals surface area contributed by atoms with Crippen LogP contribution in [0, 0.1) is 0 Å². The van der Waals surface area contributed by atoms with E-state index in [2.05, 4.69) is 22.6 Å². The number of rotatable bonds is 1. The van der Waals surface area contributed by atoms with Crippen LogP contribution in [0.3, 0.4) is 0 Å². The summed E-state index contributed by atoms with van der Waals surface area (Å²) in [7, 11) is 0. The number of thiocarbonyl (C=S) groups is 1. The zero-order valence-electron chi connectivity index (χ0n) is 4.48. The van der Waals surface area contributed by atoms with Gasteiger partial charge in [0.2, 0.25) is 0 Å². The predicted octanol–water partition coefficient (Wildman–Crippen LogP) is 1.08. The molecule has 0 aromatic carbocycles. The van der Waals surface area contributed by atoms with E-state index in [0.29, 0.717) is 9.89 Å². The molecule has 4 heteroatoms. The molecule has 0 unspecified atom stereocenters. The van der Waals surface area contributed by atoms with Crippen LogP contribution in [0.2, 0.25) is 0 Å². The quantitative estimate of drug-likeness (QED) is 0.486. The summed E-state index contributed by atoms with van der Waals surface area (Å²) in [6, 6.07) is 0. The highest BCUT2D eigenvalue weighted by Gasteiger charge is 1.92. The molecule has 0 atom stereocenters. The Morgan fingerprint density at radius 1 is 1.56 bits per heavy atom. The van der Waals surface area contributed by atoms with Gasteiger partial charge >= 0.3 is 0 Å². The average Bonchev–Trinajstić information content (AvgIpc) is 1.90. The Labute approximate surface area is 63.7 Å². The lowest BCUT2D eigenvalue weighted by Gasteiger charge is -1.89. The first-order chi connectivity index (χ1) is 4.30. The second-order valence-electron chi connectivity index (χ2n) is 1.40. The summed E-state index contributed by atoms with van der Waals surface area (Å²) in [4.78, 5) is 7.71. The van der Waals surface area contributed by atoms with E-state index in [4.69, 9.17) is 12.2 Å². The second kappa shape index (κ2) is 2.89. The van der Waals surface area contributed by atoms with Crippen LogP contribution in [0.4, 0.5) is 0 Å². The van der Waals surface area contributed by atoms with Crippen molar-refractivity contribution in [3.63, 3.8) is 0 Å². The van der Waals surface area contributed by atoms with Gasteiger partial charge in [-0.25, -0.2) is 0 Å². The molecule has 0 saturated heterocycles. The monoisotopic (exact) mass is 156 g/mol. The number of nitrogens with zero attached hydrogens (tertiary/aromatic N) is 2. The molecule has 0 aliphatic rings. The third-order valence-corrected chi connectivity index (χ3v) is 1.22. The minimum absolute atomic E-state index is 0.475. The Kier molecular flexibility index (Phi) is 2.13. The topological polar surface area (TPSA) is 25.8 Å². The summed E-state index contributed by atoms with van der Waals surface area (Å²) in [6.07, 6.45) is 4.75. The van der Waals surface area contributed by atoms with Gasteiger partial charge in [-0.1, -0.05) is 12.2 Å². The van der Waals surface area contributed by atoms with E-state index < -0.39 is 0 Å². The van der Waals surface area contributed by atoms with Crippen LogP contribution in [0.1, 0.15) is 5.69 Å². The van der Waals surface area contributed by atoms with Gasteiger partial charge in [-0.05, 0) is 0 Å². The van der Waals surface area contributed by atoms with Gasteiger partial charge in [0.15, 0.2) is 0 Å². The lowest BCUT2D eigenvalue weighted by atomic mass is 10.5. The van der Waals surface area contributed by atoms with Crippen molar-refractivity contribution in [2.75, 3.05) is 0 Å². The van der Waals surface area contributed by atoms with Gasteiger partial charge in [0.05, 0.1) is 10.4 Å². The van der Waals surface area contributed by atoms with Crippen molar-refractivity contribution in [3.05, 3.63) is 24.3 Å². The zero-order chi connectivity index (χ0) is 6.69. The fourth-order valence-corrected chi connectivity index (χ4v) is 0.630. The van der Waals surface area contributed by atoms with E-state index in [-0.39, 0.29) is 0 Å². The molecule has 46 valence electrons. The summed E-state index contributed by atoms with van der Waals surface area (Å²) in [6.45, 7) is 0. The summed E-state index contributed by atoms with van der Waals surface area (Å²) < 4.78 is 0.475. The van der Waals surface area contributed by atoms with Crippen molar-refractivity contribution in [1.82, 2.24) is 9.97 Å². The molecule has 1 aromatic rings. The number of hydrogen-bond donors (Lipinski definition) is 1. The average molecular weight is 156 g/mol. The second-order valence-corrected chi connectivity index (χ2v) is 2.55.